The minimum absolute atomic E-state index is 0.325. The van der Waals surface area contributed by atoms with Crippen molar-refractivity contribution in [2.75, 3.05) is 6.26 Å². The van der Waals surface area contributed by atoms with Crippen LogP contribution in [0.4, 0.5) is 0 Å². The summed E-state index contributed by atoms with van der Waals surface area (Å²) in [4.78, 5) is 0.325. The largest absolute Gasteiger partial charge is 0.310 e. The topological polar surface area (TPSA) is 46.2 Å². The van der Waals surface area contributed by atoms with Crippen molar-refractivity contribution >= 4 is 21.4 Å². The second-order valence-corrected chi connectivity index (χ2v) is 7.08. The van der Waals surface area contributed by atoms with Gasteiger partial charge in [0.1, 0.15) is 0 Å². The maximum atomic E-state index is 11.6. The maximum absolute atomic E-state index is 11.6. The fourth-order valence-electron chi connectivity index (χ4n) is 1.90. The summed E-state index contributed by atoms with van der Waals surface area (Å²) in [7, 11) is -3.22. The van der Waals surface area contributed by atoms with E-state index >= 15 is 0 Å². The third-order valence-corrected chi connectivity index (χ3v) is 4.66. The fraction of sp³-hybridized carbons (Fsp3) is 0.500. The number of rotatable bonds is 4. The first-order valence-electron chi connectivity index (χ1n) is 5.60. The van der Waals surface area contributed by atoms with E-state index in [1.807, 2.05) is 0 Å². The first-order valence-corrected chi connectivity index (χ1v) is 7.87. The Labute approximate surface area is 107 Å². The van der Waals surface area contributed by atoms with Gasteiger partial charge in [0, 0.05) is 29.4 Å². The number of hydrogen-bond acceptors (Lipinski definition) is 3. The van der Waals surface area contributed by atoms with Crippen molar-refractivity contribution in [1.82, 2.24) is 5.32 Å². The van der Waals surface area contributed by atoms with Crippen molar-refractivity contribution in [3.05, 3.63) is 28.8 Å². The van der Waals surface area contributed by atoms with Gasteiger partial charge in [0.25, 0.3) is 0 Å². The molecule has 94 valence electrons. The predicted octanol–water partition coefficient (Wildman–Crippen LogP) is 2.24. The van der Waals surface area contributed by atoms with Crippen molar-refractivity contribution < 1.29 is 8.42 Å². The van der Waals surface area contributed by atoms with Crippen LogP contribution in [0.3, 0.4) is 0 Å². The van der Waals surface area contributed by atoms with Crippen LogP contribution in [0.5, 0.6) is 0 Å². The molecule has 0 spiro atoms. The van der Waals surface area contributed by atoms with E-state index in [-0.39, 0.29) is 0 Å². The molecular formula is C12H16ClNO2S. The summed E-state index contributed by atoms with van der Waals surface area (Å²) in [5.74, 6) is 0.680. The molecule has 1 aliphatic rings. The average molecular weight is 274 g/mol. The summed E-state index contributed by atoms with van der Waals surface area (Å²) in [5.41, 5.74) is 0.677. The van der Waals surface area contributed by atoms with Crippen LogP contribution in [0, 0.1) is 5.92 Å². The van der Waals surface area contributed by atoms with Gasteiger partial charge >= 0.3 is 0 Å². The molecule has 1 aliphatic carbocycles. The van der Waals surface area contributed by atoms with Crippen LogP contribution in [0.25, 0.3) is 0 Å². The summed E-state index contributed by atoms with van der Waals surface area (Å²) in [5, 5.41) is 3.84. The highest BCUT2D eigenvalue weighted by Crippen LogP contribution is 2.30. The lowest BCUT2D eigenvalue weighted by molar-refractivity contribution is 0.597. The molecule has 1 aromatic carbocycles. The number of nitrogens with one attached hydrogen (secondary N) is 1. The molecule has 17 heavy (non-hydrogen) atoms. The van der Waals surface area contributed by atoms with Gasteiger partial charge in [-0.3, -0.25) is 0 Å². The van der Waals surface area contributed by atoms with Crippen LogP contribution in [-0.4, -0.2) is 20.7 Å². The molecule has 0 saturated heterocycles. The van der Waals surface area contributed by atoms with Crippen molar-refractivity contribution in [3.8, 4) is 0 Å². The SMILES string of the molecule is CC1CC1NCc1c(Cl)cccc1S(C)(=O)=O. The number of sulfone groups is 1. The Morgan fingerprint density at radius 2 is 2.12 bits per heavy atom. The zero-order chi connectivity index (χ0) is 12.6. The Balaban J connectivity index is 2.24. The standard InChI is InChI=1S/C12H16ClNO2S/c1-8-6-11(8)14-7-9-10(13)4-3-5-12(9)17(2,15)16/h3-5,8,11,14H,6-7H2,1-2H3. The van der Waals surface area contributed by atoms with Gasteiger partial charge in [-0.15, -0.1) is 0 Å². The van der Waals surface area contributed by atoms with Crippen molar-refractivity contribution in [2.45, 2.75) is 30.8 Å². The summed E-state index contributed by atoms with van der Waals surface area (Å²) in [6, 6.07) is 5.50. The fourth-order valence-corrected chi connectivity index (χ4v) is 3.15. The molecule has 1 saturated carbocycles. The minimum atomic E-state index is -3.22. The molecular weight excluding hydrogens is 258 g/mol. The van der Waals surface area contributed by atoms with Crippen LogP contribution in [0.15, 0.2) is 23.1 Å². The summed E-state index contributed by atoms with van der Waals surface area (Å²) in [6.45, 7) is 2.68. The molecule has 0 amide bonds. The van der Waals surface area contributed by atoms with E-state index in [1.54, 1.807) is 18.2 Å². The van der Waals surface area contributed by atoms with Crippen molar-refractivity contribution in [1.29, 1.82) is 0 Å². The van der Waals surface area contributed by atoms with E-state index in [2.05, 4.69) is 12.2 Å². The van der Waals surface area contributed by atoms with Gasteiger partial charge in [-0.2, -0.15) is 0 Å². The van der Waals surface area contributed by atoms with Gasteiger partial charge in [-0.25, -0.2) is 8.42 Å². The molecule has 0 heterocycles. The Bertz CT molecular complexity index is 527. The van der Waals surface area contributed by atoms with Crippen LogP contribution >= 0.6 is 11.6 Å². The van der Waals surface area contributed by atoms with Crippen LogP contribution < -0.4 is 5.32 Å². The number of hydrogen-bond donors (Lipinski definition) is 1. The van der Waals surface area contributed by atoms with Gasteiger partial charge < -0.3 is 5.32 Å². The lowest BCUT2D eigenvalue weighted by atomic mass is 10.2. The van der Waals surface area contributed by atoms with E-state index in [0.29, 0.717) is 34.0 Å². The molecule has 0 radical (unpaired) electrons. The van der Waals surface area contributed by atoms with Crippen molar-refractivity contribution in [2.24, 2.45) is 5.92 Å². The minimum Gasteiger partial charge on any atom is -0.310 e. The van der Waals surface area contributed by atoms with Gasteiger partial charge in [0.05, 0.1) is 4.90 Å². The molecule has 2 rings (SSSR count). The normalized spacial score (nSPS) is 23.7. The second-order valence-electron chi connectivity index (χ2n) is 4.69. The Kier molecular flexibility index (Phi) is 3.48. The molecule has 0 aliphatic heterocycles. The molecule has 1 N–H and O–H groups in total. The Morgan fingerprint density at radius 3 is 2.65 bits per heavy atom. The Morgan fingerprint density at radius 1 is 1.47 bits per heavy atom. The second kappa shape index (κ2) is 4.59. The highest BCUT2D eigenvalue weighted by Gasteiger charge is 2.32. The van der Waals surface area contributed by atoms with Crippen LogP contribution in [0.2, 0.25) is 5.02 Å². The Hall–Kier alpha value is -0.580. The number of halogens is 1. The highest BCUT2D eigenvalue weighted by molar-refractivity contribution is 7.90. The first-order chi connectivity index (χ1) is 7.89. The van der Waals surface area contributed by atoms with Crippen LogP contribution in [-0.2, 0) is 16.4 Å². The molecule has 0 aromatic heterocycles. The third kappa shape index (κ3) is 3.00. The lowest BCUT2D eigenvalue weighted by Crippen LogP contribution is -2.19. The summed E-state index contributed by atoms with van der Waals surface area (Å²) >= 11 is 6.07. The van der Waals surface area contributed by atoms with E-state index in [0.717, 1.165) is 6.42 Å². The van der Waals surface area contributed by atoms with Crippen LogP contribution in [0.1, 0.15) is 18.9 Å². The molecule has 2 atom stereocenters. The summed E-state index contributed by atoms with van der Waals surface area (Å²) in [6.07, 6.45) is 2.36. The molecule has 1 aromatic rings. The summed E-state index contributed by atoms with van der Waals surface area (Å²) < 4.78 is 23.3. The molecule has 3 nitrogen and oxygen atoms in total. The van der Waals surface area contributed by atoms with Crippen molar-refractivity contribution in [3.63, 3.8) is 0 Å². The maximum Gasteiger partial charge on any atom is 0.175 e. The first kappa shape index (κ1) is 12.9. The van der Waals surface area contributed by atoms with E-state index in [1.165, 1.54) is 6.26 Å². The van der Waals surface area contributed by atoms with E-state index in [4.69, 9.17) is 11.6 Å². The zero-order valence-electron chi connectivity index (χ0n) is 9.90. The molecule has 0 bridgehead atoms. The predicted molar refractivity (Wildman–Crippen MR) is 69.0 cm³/mol. The molecule has 2 unspecified atom stereocenters. The van der Waals surface area contributed by atoms with Gasteiger partial charge in [0.2, 0.25) is 0 Å². The zero-order valence-corrected chi connectivity index (χ0v) is 11.5. The monoisotopic (exact) mass is 273 g/mol. The molecule has 1 fully saturated rings. The average Bonchev–Trinajstić information content (AvgIpc) is 2.91. The third-order valence-electron chi connectivity index (χ3n) is 3.13. The molecule has 5 heteroatoms. The van der Waals surface area contributed by atoms with Gasteiger partial charge in [-0.1, -0.05) is 24.6 Å². The van der Waals surface area contributed by atoms with Gasteiger partial charge in [0.15, 0.2) is 9.84 Å². The van der Waals surface area contributed by atoms with Gasteiger partial charge in [-0.05, 0) is 24.5 Å². The quantitative estimate of drug-likeness (QED) is 0.915. The van der Waals surface area contributed by atoms with E-state index < -0.39 is 9.84 Å². The highest BCUT2D eigenvalue weighted by atomic mass is 35.5. The number of benzene rings is 1. The van der Waals surface area contributed by atoms with E-state index in [9.17, 15) is 8.42 Å². The lowest BCUT2D eigenvalue weighted by Gasteiger charge is -2.10. The smallest absolute Gasteiger partial charge is 0.175 e.